The number of amides is 1. The summed E-state index contributed by atoms with van der Waals surface area (Å²) in [5.41, 5.74) is -0.465. The number of methoxy groups -OCH3 is 1. The van der Waals surface area contributed by atoms with E-state index < -0.39 is 42.6 Å². The van der Waals surface area contributed by atoms with Gasteiger partial charge in [-0.05, 0) is 33.6 Å². The summed E-state index contributed by atoms with van der Waals surface area (Å²) < 4.78 is 65.6. The summed E-state index contributed by atoms with van der Waals surface area (Å²) in [5, 5.41) is 10.2. The Bertz CT molecular complexity index is 1090. The van der Waals surface area contributed by atoms with Crippen LogP contribution < -0.4 is 5.32 Å². The summed E-state index contributed by atoms with van der Waals surface area (Å²) in [5.74, 6) is -5.56. The van der Waals surface area contributed by atoms with Crippen molar-refractivity contribution in [1.82, 2.24) is 9.97 Å². The van der Waals surface area contributed by atoms with E-state index in [1.807, 2.05) is 21.2 Å². The fourth-order valence-electron chi connectivity index (χ4n) is 3.06. The first-order valence-electron chi connectivity index (χ1n) is 9.39. The number of rotatable bonds is 6. The molecule has 1 saturated heterocycles. The van der Waals surface area contributed by atoms with Gasteiger partial charge < -0.3 is 14.8 Å². The molecule has 0 bridgehead atoms. The quantitative estimate of drug-likeness (QED) is 0.152. The van der Waals surface area contributed by atoms with Crippen LogP contribution in [0.5, 0.6) is 0 Å². The van der Waals surface area contributed by atoms with Crippen LogP contribution in [-0.2, 0) is 14.3 Å². The topological polar surface area (TPSA) is 97.2 Å². The van der Waals surface area contributed by atoms with Gasteiger partial charge in [0.15, 0.2) is 0 Å². The van der Waals surface area contributed by atoms with E-state index in [0.29, 0.717) is 0 Å². The molecule has 1 atom stereocenters. The second kappa shape index (κ2) is 10.8. The number of aromatic nitrogens is 2. The van der Waals surface area contributed by atoms with Gasteiger partial charge in [0.1, 0.15) is 36.4 Å². The highest BCUT2D eigenvalue weighted by molar-refractivity contribution is 14.2. The van der Waals surface area contributed by atoms with Gasteiger partial charge in [0.05, 0.1) is 23.4 Å². The summed E-state index contributed by atoms with van der Waals surface area (Å²) in [6, 6.07) is 2.73. The van der Waals surface area contributed by atoms with Crippen LogP contribution in [0.15, 0.2) is 35.5 Å². The SMILES string of the molecule is COC(=N)/C=C(\SI)C(=O)Nc1c(-c2cc(F)ccc2F)ncnc1C1CCC(F)(F)CO1. The lowest BCUT2D eigenvalue weighted by molar-refractivity contribution is -0.146. The van der Waals surface area contributed by atoms with E-state index in [1.54, 1.807) is 0 Å². The first-order chi connectivity index (χ1) is 15.6. The van der Waals surface area contributed by atoms with Gasteiger partial charge in [0.25, 0.3) is 11.8 Å². The molecule has 1 aliphatic heterocycles. The van der Waals surface area contributed by atoms with Crippen molar-refractivity contribution in [1.29, 1.82) is 5.41 Å². The molecule has 2 aromatic rings. The third-order valence-corrected chi connectivity index (χ3v) is 6.55. The predicted octanol–water partition coefficient (Wildman–Crippen LogP) is 5.44. The molecular weight excluding hydrogens is 579 g/mol. The Hall–Kier alpha value is -2.26. The molecule has 1 aromatic heterocycles. The maximum Gasteiger partial charge on any atom is 0.271 e. The number of ether oxygens (including phenoxy) is 2. The van der Waals surface area contributed by atoms with Gasteiger partial charge in [-0.15, -0.1) is 0 Å². The Kier molecular flexibility index (Phi) is 8.28. The van der Waals surface area contributed by atoms with Gasteiger partial charge in [0.2, 0.25) is 5.90 Å². The van der Waals surface area contributed by atoms with Crippen molar-refractivity contribution in [3.63, 3.8) is 0 Å². The van der Waals surface area contributed by atoms with E-state index in [4.69, 9.17) is 14.9 Å². The lowest BCUT2D eigenvalue weighted by Crippen LogP contribution is -2.32. The fraction of sp³-hybridized carbons (Fsp3) is 0.300. The normalized spacial score (nSPS) is 18.0. The first kappa shape index (κ1) is 25.4. The number of nitrogens with zero attached hydrogens (tertiary/aromatic N) is 2. The van der Waals surface area contributed by atoms with Crippen LogP contribution in [0.4, 0.5) is 23.2 Å². The number of alkyl halides is 2. The molecule has 0 radical (unpaired) electrons. The molecule has 1 fully saturated rings. The van der Waals surface area contributed by atoms with Crippen molar-refractivity contribution >= 4 is 47.6 Å². The second-order valence-electron chi connectivity index (χ2n) is 6.91. The highest BCUT2D eigenvalue weighted by Crippen LogP contribution is 2.40. The number of hydrogen-bond donors (Lipinski definition) is 2. The van der Waals surface area contributed by atoms with Crippen LogP contribution in [-0.4, -0.2) is 41.4 Å². The van der Waals surface area contributed by atoms with Crippen molar-refractivity contribution in [2.45, 2.75) is 24.9 Å². The van der Waals surface area contributed by atoms with Gasteiger partial charge in [-0.25, -0.2) is 27.5 Å². The van der Waals surface area contributed by atoms with Crippen LogP contribution in [0, 0.1) is 17.0 Å². The number of nitrogens with one attached hydrogen (secondary N) is 2. The minimum absolute atomic E-state index is 0.0483. The Morgan fingerprint density at radius 1 is 1.39 bits per heavy atom. The largest absolute Gasteiger partial charge is 0.481 e. The maximum atomic E-state index is 14.6. The minimum atomic E-state index is -3.00. The zero-order chi connectivity index (χ0) is 24.2. The second-order valence-corrected chi connectivity index (χ2v) is 8.82. The Morgan fingerprint density at radius 3 is 2.79 bits per heavy atom. The van der Waals surface area contributed by atoms with Crippen LogP contribution in [0.25, 0.3) is 11.3 Å². The number of benzene rings is 1. The summed E-state index contributed by atoms with van der Waals surface area (Å²) in [7, 11) is 2.24. The molecule has 2 N–H and O–H groups in total. The van der Waals surface area contributed by atoms with Crippen LogP contribution in [0.2, 0.25) is 0 Å². The first-order valence-corrected chi connectivity index (χ1v) is 12.7. The average molecular weight is 596 g/mol. The number of hydrogen-bond acceptors (Lipinski definition) is 7. The molecule has 1 unspecified atom stereocenters. The Labute approximate surface area is 202 Å². The molecule has 176 valence electrons. The van der Waals surface area contributed by atoms with Gasteiger partial charge in [-0.1, -0.05) is 0 Å². The van der Waals surface area contributed by atoms with E-state index >= 15 is 0 Å². The van der Waals surface area contributed by atoms with E-state index in [1.165, 1.54) is 7.11 Å². The van der Waals surface area contributed by atoms with Gasteiger partial charge >= 0.3 is 0 Å². The highest BCUT2D eigenvalue weighted by Gasteiger charge is 2.38. The monoisotopic (exact) mass is 596 g/mol. The molecule has 1 aliphatic rings. The molecule has 0 aliphatic carbocycles. The number of anilines is 1. The predicted molar refractivity (Wildman–Crippen MR) is 123 cm³/mol. The van der Waals surface area contributed by atoms with Crippen molar-refractivity contribution in [2.24, 2.45) is 0 Å². The van der Waals surface area contributed by atoms with Crippen molar-refractivity contribution in [3.05, 3.63) is 52.8 Å². The smallest absolute Gasteiger partial charge is 0.271 e. The Balaban J connectivity index is 2.10. The lowest BCUT2D eigenvalue weighted by Gasteiger charge is -2.29. The molecule has 7 nitrogen and oxygen atoms in total. The lowest BCUT2D eigenvalue weighted by atomic mass is 10.00. The molecule has 3 rings (SSSR count). The number of halogens is 5. The van der Waals surface area contributed by atoms with Crippen molar-refractivity contribution < 1.29 is 31.8 Å². The van der Waals surface area contributed by atoms with E-state index in [9.17, 15) is 22.4 Å². The summed E-state index contributed by atoms with van der Waals surface area (Å²) in [4.78, 5) is 21.1. The third kappa shape index (κ3) is 6.20. The third-order valence-electron chi connectivity index (χ3n) is 4.66. The van der Waals surface area contributed by atoms with Gasteiger partial charge in [0, 0.05) is 39.3 Å². The summed E-state index contributed by atoms with van der Waals surface area (Å²) in [6.07, 6.45) is 0.700. The summed E-state index contributed by atoms with van der Waals surface area (Å²) in [6.45, 7) is -0.849. The number of carbonyl (C=O) groups excluding carboxylic acids is 1. The number of carbonyl (C=O) groups is 1. The minimum Gasteiger partial charge on any atom is -0.481 e. The molecule has 2 heterocycles. The highest BCUT2D eigenvalue weighted by atomic mass is 127. The molecule has 1 aromatic carbocycles. The van der Waals surface area contributed by atoms with Crippen molar-refractivity contribution in [3.8, 4) is 11.3 Å². The van der Waals surface area contributed by atoms with Gasteiger partial charge in [-0.3, -0.25) is 10.2 Å². The Morgan fingerprint density at radius 2 is 2.15 bits per heavy atom. The molecule has 0 saturated carbocycles. The molecule has 0 spiro atoms. The van der Waals surface area contributed by atoms with Gasteiger partial charge in [-0.2, -0.15) is 0 Å². The van der Waals surface area contributed by atoms with Crippen molar-refractivity contribution in [2.75, 3.05) is 19.0 Å². The zero-order valence-electron chi connectivity index (χ0n) is 17.0. The van der Waals surface area contributed by atoms with E-state index in [0.717, 1.165) is 39.5 Å². The maximum absolute atomic E-state index is 14.6. The van der Waals surface area contributed by atoms with Crippen LogP contribution in [0.3, 0.4) is 0 Å². The van der Waals surface area contributed by atoms with Crippen LogP contribution in [0.1, 0.15) is 24.6 Å². The molecule has 13 heteroatoms. The fourth-order valence-corrected chi connectivity index (χ4v) is 4.32. The molecular formula is C20H17F4IN4O3S. The van der Waals surface area contributed by atoms with E-state index in [2.05, 4.69) is 15.3 Å². The van der Waals surface area contributed by atoms with Crippen LogP contribution >= 0.6 is 30.1 Å². The zero-order valence-corrected chi connectivity index (χ0v) is 20.0. The summed E-state index contributed by atoms with van der Waals surface area (Å²) >= 11 is 1.83. The molecule has 33 heavy (non-hydrogen) atoms. The van der Waals surface area contributed by atoms with E-state index in [-0.39, 0.29) is 39.9 Å². The average Bonchev–Trinajstić information content (AvgIpc) is 2.79. The standard InChI is InChI=1S/C20H17F4IN4O3S/c1-31-15(26)7-14(33-25)19(30)29-18-16(11-6-10(21)2-3-12(11)22)27-9-28-17(18)13-4-5-20(23,24)8-32-13/h2-3,6-7,9,13,26H,4-5,8H2,1H3,(H,29,30)/b14-7-,26-15?. The molecule has 1 amide bonds.